The van der Waals surface area contributed by atoms with Crippen LogP contribution in [0.2, 0.25) is 0 Å². The average molecular weight is 306 g/mol. The van der Waals surface area contributed by atoms with Crippen LogP contribution in [-0.2, 0) is 11.2 Å². The minimum Gasteiger partial charge on any atom is -0.355 e. The molecule has 6 nitrogen and oxygen atoms in total. The van der Waals surface area contributed by atoms with Crippen molar-refractivity contribution in [3.8, 4) is 11.4 Å². The van der Waals surface area contributed by atoms with E-state index in [9.17, 15) is 9.18 Å². The molecule has 0 spiro atoms. The maximum absolute atomic E-state index is 13.6. The molecule has 2 aromatic rings. The first kappa shape index (κ1) is 16.1. The number of nitrogens with one attached hydrogen (secondary N) is 1. The van der Waals surface area contributed by atoms with Crippen LogP contribution in [0.3, 0.4) is 0 Å². The molecule has 0 bridgehead atoms. The van der Waals surface area contributed by atoms with Crippen molar-refractivity contribution >= 4 is 5.91 Å². The largest absolute Gasteiger partial charge is 0.355 e. The van der Waals surface area contributed by atoms with Gasteiger partial charge in [-0.15, -0.1) is 0 Å². The summed E-state index contributed by atoms with van der Waals surface area (Å²) in [6.07, 6.45) is 0.585. The molecular weight excluding hydrogens is 287 g/mol. The van der Waals surface area contributed by atoms with E-state index in [1.165, 1.54) is 6.07 Å². The highest BCUT2D eigenvalue weighted by atomic mass is 19.1. The van der Waals surface area contributed by atoms with Crippen molar-refractivity contribution in [1.82, 2.24) is 20.4 Å². The van der Waals surface area contributed by atoms with Crippen molar-refractivity contribution in [3.05, 3.63) is 36.0 Å². The summed E-state index contributed by atoms with van der Waals surface area (Å²) in [5.74, 6) is 0.0332. The van der Waals surface area contributed by atoms with Gasteiger partial charge in [0.15, 0.2) is 0 Å². The predicted molar refractivity (Wildman–Crippen MR) is 79.6 cm³/mol. The second-order valence-corrected chi connectivity index (χ2v) is 5.14. The summed E-state index contributed by atoms with van der Waals surface area (Å²) in [7, 11) is 3.88. The lowest BCUT2D eigenvalue weighted by Gasteiger charge is -2.09. The number of likely N-dealkylation sites (N-methyl/N-ethyl adjacent to an activating group) is 1. The van der Waals surface area contributed by atoms with Gasteiger partial charge in [0, 0.05) is 25.9 Å². The van der Waals surface area contributed by atoms with Crippen LogP contribution in [0.4, 0.5) is 4.39 Å². The van der Waals surface area contributed by atoms with Crippen molar-refractivity contribution in [1.29, 1.82) is 0 Å². The second-order valence-electron chi connectivity index (χ2n) is 5.14. The minimum absolute atomic E-state index is 0.0764. The zero-order valence-electron chi connectivity index (χ0n) is 12.7. The number of aromatic nitrogens is 2. The van der Waals surface area contributed by atoms with Crippen LogP contribution in [0, 0.1) is 5.82 Å². The summed E-state index contributed by atoms with van der Waals surface area (Å²) in [5, 5.41) is 6.55. The molecule has 0 radical (unpaired) electrons. The highest BCUT2D eigenvalue weighted by molar-refractivity contribution is 5.76. The van der Waals surface area contributed by atoms with E-state index in [1.807, 2.05) is 19.0 Å². The lowest BCUT2D eigenvalue weighted by molar-refractivity contribution is -0.121. The van der Waals surface area contributed by atoms with E-state index in [0.717, 1.165) is 6.54 Å². The van der Waals surface area contributed by atoms with Gasteiger partial charge in [-0.1, -0.05) is 17.3 Å². The van der Waals surface area contributed by atoms with Crippen LogP contribution >= 0.6 is 0 Å². The molecule has 0 unspecified atom stereocenters. The number of carbonyl (C=O) groups is 1. The van der Waals surface area contributed by atoms with Crippen molar-refractivity contribution in [2.45, 2.75) is 12.8 Å². The molecule has 2 rings (SSSR count). The Bertz CT molecular complexity index is 628. The molecule has 0 saturated carbocycles. The number of halogens is 1. The molecule has 7 heteroatoms. The molecule has 22 heavy (non-hydrogen) atoms. The van der Waals surface area contributed by atoms with Gasteiger partial charge < -0.3 is 14.7 Å². The number of rotatable bonds is 7. The molecule has 1 aromatic carbocycles. The van der Waals surface area contributed by atoms with Crippen molar-refractivity contribution in [3.63, 3.8) is 0 Å². The van der Waals surface area contributed by atoms with E-state index in [4.69, 9.17) is 4.52 Å². The van der Waals surface area contributed by atoms with Crippen molar-refractivity contribution < 1.29 is 13.7 Å². The van der Waals surface area contributed by atoms with Gasteiger partial charge in [0.1, 0.15) is 5.82 Å². The van der Waals surface area contributed by atoms with Crippen molar-refractivity contribution in [2.24, 2.45) is 0 Å². The normalized spacial score (nSPS) is 10.9. The molecule has 1 aromatic heterocycles. The Hall–Kier alpha value is -2.28. The highest BCUT2D eigenvalue weighted by Gasteiger charge is 2.13. The summed E-state index contributed by atoms with van der Waals surface area (Å²) in [6, 6.07) is 6.21. The maximum atomic E-state index is 13.6. The van der Waals surface area contributed by atoms with Crippen LogP contribution in [-0.4, -0.2) is 48.1 Å². The Morgan fingerprint density at radius 1 is 1.36 bits per heavy atom. The van der Waals surface area contributed by atoms with Crippen LogP contribution < -0.4 is 5.32 Å². The molecule has 1 heterocycles. The van der Waals surface area contributed by atoms with Gasteiger partial charge in [-0.25, -0.2) is 4.39 Å². The van der Waals surface area contributed by atoms with E-state index in [0.29, 0.717) is 18.9 Å². The van der Waals surface area contributed by atoms with Gasteiger partial charge in [-0.05, 0) is 26.2 Å². The van der Waals surface area contributed by atoms with Gasteiger partial charge in [0.25, 0.3) is 0 Å². The minimum atomic E-state index is -0.406. The molecule has 118 valence electrons. The zero-order chi connectivity index (χ0) is 15.9. The molecule has 1 N–H and O–H groups in total. The quantitative estimate of drug-likeness (QED) is 0.839. The number of benzene rings is 1. The monoisotopic (exact) mass is 306 g/mol. The number of hydrogen-bond donors (Lipinski definition) is 1. The highest BCUT2D eigenvalue weighted by Crippen LogP contribution is 2.19. The molecule has 0 atom stereocenters. The Morgan fingerprint density at radius 3 is 2.86 bits per heavy atom. The maximum Gasteiger partial charge on any atom is 0.227 e. The summed E-state index contributed by atoms with van der Waals surface area (Å²) >= 11 is 0. The summed E-state index contributed by atoms with van der Waals surface area (Å²) in [6.45, 7) is 1.37. The first-order valence-corrected chi connectivity index (χ1v) is 7.05. The lowest BCUT2D eigenvalue weighted by Crippen LogP contribution is -2.31. The molecule has 0 saturated heterocycles. The first-order chi connectivity index (χ1) is 10.6. The topological polar surface area (TPSA) is 71.3 Å². The Labute approximate surface area is 128 Å². The predicted octanol–water partition coefficient (Wildman–Crippen LogP) is 1.49. The molecule has 1 amide bonds. The van der Waals surface area contributed by atoms with Crippen LogP contribution in [0.15, 0.2) is 28.8 Å². The number of nitrogens with zero attached hydrogens (tertiary/aromatic N) is 3. The van der Waals surface area contributed by atoms with Gasteiger partial charge in [0.05, 0.1) is 5.56 Å². The van der Waals surface area contributed by atoms with E-state index in [-0.39, 0.29) is 23.7 Å². The van der Waals surface area contributed by atoms with Gasteiger partial charge in [-0.2, -0.15) is 4.98 Å². The number of hydrogen-bond acceptors (Lipinski definition) is 5. The Kier molecular flexibility index (Phi) is 5.60. The van der Waals surface area contributed by atoms with E-state index in [2.05, 4.69) is 15.5 Å². The third kappa shape index (κ3) is 4.63. The lowest BCUT2D eigenvalue weighted by atomic mass is 10.2. The first-order valence-electron chi connectivity index (χ1n) is 7.05. The van der Waals surface area contributed by atoms with Gasteiger partial charge >= 0.3 is 0 Å². The fraction of sp³-hybridized carbons (Fsp3) is 0.400. The average Bonchev–Trinajstić information content (AvgIpc) is 2.94. The fourth-order valence-corrected chi connectivity index (χ4v) is 1.84. The van der Waals surface area contributed by atoms with E-state index in [1.54, 1.807) is 18.2 Å². The third-order valence-electron chi connectivity index (χ3n) is 3.03. The standard InChI is InChI=1S/C15H19FN4O2/c1-20(2)10-9-17-13(21)7-8-14-18-15(19-22-14)11-5-3-4-6-12(11)16/h3-6H,7-10H2,1-2H3,(H,17,21). The van der Waals surface area contributed by atoms with Gasteiger partial charge in [0.2, 0.25) is 17.6 Å². The summed E-state index contributed by atoms with van der Waals surface area (Å²) in [5.41, 5.74) is 0.285. The Morgan fingerprint density at radius 2 is 2.14 bits per heavy atom. The summed E-state index contributed by atoms with van der Waals surface area (Å²) < 4.78 is 18.7. The fourth-order valence-electron chi connectivity index (χ4n) is 1.84. The van der Waals surface area contributed by atoms with Crippen LogP contribution in [0.5, 0.6) is 0 Å². The van der Waals surface area contributed by atoms with Gasteiger partial charge in [-0.3, -0.25) is 4.79 Å². The molecule has 0 aliphatic heterocycles. The third-order valence-corrected chi connectivity index (χ3v) is 3.03. The van der Waals surface area contributed by atoms with E-state index >= 15 is 0 Å². The zero-order valence-corrected chi connectivity index (χ0v) is 12.7. The molecule has 0 aliphatic rings. The van der Waals surface area contributed by atoms with Crippen molar-refractivity contribution in [2.75, 3.05) is 27.2 Å². The van der Waals surface area contributed by atoms with E-state index < -0.39 is 5.82 Å². The Balaban J connectivity index is 1.85. The molecule has 0 fully saturated rings. The number of amides is 1. The SMILES string of the molecule is CN(C)CCNC(=O)CCc1nc(-c2ccccc2F)no1. The van der Waals surface area contributed by atoms with Crippen LogP contribution in [0.25, 0.3) is 11.4 Å². The molecular formula is C15H19FN4O2. The number of carbonyl (C=O) groups excluding carboxylic acids is 1. The number of aryl methyl sites for hydroxylation is 1. The second kappa shape index (κ2) is 7.65. The smallest absolute Gasteiger partial charge is 0.227 e. The van der Waals surface area contributed by atoms with Crippen LogP contribution in [0.1, 0.15) is 12.3 Å². The molecule has 0 aliphatic carbocycles. The summed E-state index contributed by atoms with van der Waals surface area (Å²) in [4.78, 5) is 17.8.